The second-order valence-electron chi connectivity index (χ2n) is 5.98. The topological polar surface area (TPSA) is 55.8 Å². The maximum Gasteiger partial charge on any atom is 0.214 e. The first-order valence-electron chi connectivity index (χ1n) is 8.31. The average Bonchev–Trinajstić information content (AvgIpc) is 2.66. The molecule has 0 aromatic heterocycles. The highest BCUT2D eigenvalue weighted by atomic mass is 32.2. The van der Waals surface area contributed by atoms with Gasteiger partial charge < -0.3 is 9.47 Å². The molecule has 1 aliphatic rings. The normalized spacial score (nSPS) is 17.8. The van der Waals surface area contributed by atoms with Crippen molar-refractivity contribution < 1.29 is 17.9 Å². The van der Waals surface area contributed by atoms with Gasteiger partial charge in [0.2, 0.25) is 10.0 Å². The third-order valence-corrected chi connectivity index (χ3v) is 6.50. The van der Waals surface area contributed by atoms with Crippen molar-refractivity contribution in [3.8, 4) is 11.5 Å². The van der Waals surface area contributed by atoms with E-state index in [1.807, 2.05) is 42.5 Å². The van der Waals surface area contributed by atoms with Crippen LogP contribution in [-0.2, 0) is 16.4 Å². The molecule has 1 aliphatic heterocycles. The molecular formula is C19H23NO4S. The van der Waals surface area contributed by atoms with Gasteiger partial charge in [0.25, 0.3) is 0 Å². The molecule has 0 radical (unpaired) electrons. The maximum atomic E-state index is 12.7. The molecule has 25 heavy (non-hydrogen) atoms. The Balaban J connectivity index is 2.21. The molecule has 0 spiro atoms. The van der Waals surface area contributed by atoms with Gasteiger partial charge in [-0.2, -0.15) is 4.31 Å². The molecule has 5 nitrogen and oxygen atoms in total. The lowest BCUT2D eigenvalue weighted by molar-refractivity contribution is 0.332. The number of methoxy groups -OCH3 is 2. The van der Waals surface area contributed by atoms with E-state index >= 15 is 0 Å². The van der Waals surface area contributed by atoms with Gasteiger partial charge in [-0.05, 0) is 42.2 Å². The quantitative estimate of drug-likeness (QED) is 0.821. The summed E-state index contributed by atoms with van der Waals surface area (Å²) >= 11 is 0. The van der Waals surface area contributed by atoms with Crippen molar-refractivity contribution in [2.45, 2.75) is 19.4 Å². The Kier molecular flexibility index (Phi) is 5.01. The monoisotopic (exact) mass is 361 g/mol. The standard InChI is InChI=1S/C19H23NO4S/c1-4-25(21,22)20-11-10-15-12-17(23-2)18(24-3)13-16(15)19(20)14-8-6-5-7-9-14/h5-9,12-13,19H,4,10-11H2,1-3H3/t19-/m1/s1. The van der Waals surface area contributed by atoms with E-state index in [0.717, 1.165) is 16.7 Å². The minimum atomic E-state index is -3.34. The van der Waals surface area contributed by atoms with Crippen molar-refractivity contribution in [1.82, 2.24) is 4.31 Å². The van der Waals surface area contributed by atoms with Gasteiger partial charge in [-0.1, -0.05) is 30.3 Å². The summed E-state index contributed by atoms with van der Waals surface area (Å²) in [4.78, 5) is 0. The Bertz CT molecular complexity index is 849. The molecule has 6 heteroatoms. The molecule has 0 saturated carbocycles. The Morgan fingerprint density at radius 2 is 1.72 bits per heavy atom. The molecule has 134 valence electrons. The van der Waals surface area contributed by atoms with Crippen molar-refractivity contribution in [2.75, 3.05) is 26.5 Å². The second kappa shape index (κ2) is 7.06. The molecule has 0 amide bonds. The smallest absolute Gasteiger partial charge is 0.214 e. The van der Waals surface area contributed by atoms with Crippen LogP contribution in [0.15, 0.2) is 42.5 Å². The Labute approximate surface area is 149 Å². The number of hydrogen-bond donors (Lipinski definition) is 0. The van der Waals surface area contributed by atoms with Crippen LogP contribution >= 0.6 is 0 Å². The predicted molar refractivity (Wildman–Crippen MR) is 97.7 cm³/mol. The van der Waals surface area contributed by atoms with E-state index in [4.69, 9.17) is 9.47 Å². The van der Waals surface area contributed by atoms with Gasteiger partial charge in [0.15, 0.2) is 11.5 Å². The first-order chi connectivity index (χ1) is 12.0. The summed E-state index contributed by atoms with van der Waals surface area (Å²) in [6, 6.07) is 13.2. The largest absolute Gasteiger partial charge is 0.493 e. The number of fused-ring (bicyclic) bond motifs is 1. The van der Waals surface area contributed by atoms with Crippen LogP contribution < -0.4 is 9.47 Å². The van der Waals surface area contributed by atoms with Crippen LogP contribution in [0.3, 0.4) is 0 Å². The van der Waals surface area contributed by atoms with Crippen LogP contribution in [0.4, 0.5) is 0 Å². The first-order valence-corrected chi connectivity index (χ1v) is 9.92. The van der Waals surface area contributed by atoms with Crippen molar-refractivity contribution in [3.63, 3.8) is 0 Å². The highest BCUT2D eigenvalue weighted by Gasteiger charge is 2.36. The third kappa shape index (κ3) is 3.24. The highest BCUT2D eigenvalue weighted by Crippen LogP contribution is 2.42. The van der Waals surface area contributed by atoms with E-state index < -0.39 is 10.0 Å². The fourth-order valence-electron chi connectivity index (χ4n) is 3.37. The molecule has 2 aromatic carbocycles. The molecule has 0 fully saturated rings. The zero-order valence-electron chi connectivity index (χ0n) is 14.7. The zero-order valence-corrected chi connectivity index (χ0v) is 15.5. The number of sulfonamides is 1. The van der Waals surface area contributed by atoms with Crippen LogP contribution in [0.25, 0.3) is 0 Å². The molecule has 0 saturated heterocycles. The van der Waals surface area contributed by atoms with Crippen molar-refractivity contribution >= 4 is 10.0 Å². The lowest BCUT2D eigenvalue weighted by atomic mass is 9.89. The summed E-state index contributed by atoms with van der Waals surface area (Å²) in [5.74, 6) is 1.36. The number of hydrogen-bond acceptors (Lipinski definition) is 4. The fourth-order valence-corrected chi connectivity index (χ4v) is 4.63. The summed E-state index contributed by atoms with van der Waals surface area (Å²) in [5, 5.41) is 0. The molecule has 1 atom stereocenters. The van der Waals surface area contributed by atoms with Gasteiger partial charge in [-0.25, -0.2) is 8.42 Å². The molecule has 0 bridgehead atoms. The SMILES string of the molecule is CCS(=O)(=O)N1CCc2cc(OC)c(OC)cc2[C@H]1c1ccccc1. The summed E-state index contributed by atoms with van der Waals surface area (Å²) in [6.45, 7) is 2.14. The minimum absolute atomic E-state index is 0.0823. The average molecular weight is 361 g/mol. The van der Waals surface area contributed by atoms with Crippen LogP contribution in [0.2, 0.25) is 0 Å². The van der Waals surface area contributed by atoms with Gasteiger partial charge in [0.05, 0.1) is 26.0 Å². The van der Waals surface area contributed by atoms with Crippen LogP contribution in [-0.4, -0.2) is 39.2 Å². The number of rotatable bonds is 5. The van der Waals surface area contributed by atoms with Gasteiger partial charge in [0.1, 0.15) is 0 Å². The van der Waals surface area contributed by atoms with Gasteiger partial charge in [0, 0.05) is 6.54 Å². The lowest BCUT2D eigenvalue weighted by Gasteiger charge is -2.37. The minimum Gasteiger partial charge on any atom is -0.493 e. The molecular weight excluding hydrogens is 338 g/mol. The molecule has 1 heterocycles. The third-order valence-electron chi connectivity index (χ3n) is 4.67. The van der Waals surface area contributed by atoms with Gasteiger partial charge in [-0.15, -0.1) is 0 Å². The highest BCUT2D eigenvalue weighted by molar-refractivity contribution is 7.89. The molecule has 0 aliphatic carbocycles. The van der Waals surface area contributed by atoms with Crippen molar-refractivity contribution in [1.29, 1.82) is 0 Å². The van der Waals surface area contributed by atoms with E-state index in [-0.39, 0.29) is 11.8 Å². The van der Waals surface area contributed by atoms with Crippen molar-refractivity contribution in [2.24, 2.45) is 0 Å². The summed E-state index contributed by atoms with van der Waals surface area (Å²) < 4.78 is 37.8. The number of nitrogens with zero attached hydrogens (tertiary/aromatic N) is 1. The Morgan fingerprint density at radius 1 is 1.08 bits per heavy atom. The Hall–Kier alpha value is -2.05. The first kappa shape index (κ1) is 17.8. The van der Waals surface area contributed by atoms with E-state index in [1.165, 1.54) is 0 Å². The molecule has 3 rings (SSSR count). The van der Waals surface area contributed by atoms with Gasteiger partial charge >= 0.3 is 0 Å². The predicted octanol–water partition coefficient (Wildman–Crippen LogP) is 3.00. The molecule has 0 unspecified atom stereocenters. The van der Waals surface area contributed by atoms with Crippen LogP contribution in [0.5, 0.6) is 11.5 Å². The van der Waals surface area contributed by atoms with E-state index in [9.17, 15) is 8.42 Å². The van der Waals surface area contributed by atoms with E-state index in [2.05, 4.69) is 0 Å². The summed E-state index contributed by atoms with van der Waals surface area (Å²) in [6.07, 6.45) is 0.651. The number of benzene rings is 2. The fraction of sp³-hybridized carbons (Fsp3) is 0.368. The van der Waals surface area contributed by atoms with E-state index in [1.54, 1.807) is 25.4 Å². The Morgan fingerprint density at radius 3 is 2.32 bits per heavy atom. The van der Waals surface area contributed by atoms with Gasteiger partial charge in [-0.3, -0.25) is 0 Å². The molecule has 0 N–H and O–H groups in total. The number of ether oxygens (including phenoxy) is 2. The lowest BCUT2D eigenvalue weighted by Crippen LogP contribution is -2.41. The van der Waals surface area contributed by atoms with Crippen LogP contribution in [0, 0.1) is 0 Å². The molecule has 2 aromatic rings. The summed E-state index contributed by atoms with van der Waals surface area (Å²) in [7, 11) is -0.140. The summed E-state index contributed by atoms with van der Waals surface area (Å²) in [5.41, 5.74) is 2.99. The second-order valence-corrected chi connectivity index (χ2v) is 8.19. The van der Waals surface area contributed by atoms with E-state index in [0.29, 0.717) is 24.5 Å². The zero-order chi connectivity index (χ0) is 18.0. The van der Waals surface area contributed by atoms with Crippen LogP contribution in [0.1, 0.15) is 29.7 Å². The van der Waals surface area contributed by atoms with Crippen molar-refractivity contribution in [3.05, 3.63) is 59.2 Å². The maximum absolute atomic E-state index is 12.7.